The number of hydrogen-bond donors (Lipinski definition) is 1. The first-order valence-corrected chi connectivity index (χ1v) is 4.61. The van der Waals surface area contributed by atoms with Crippen LogP contribution in [0.2, 0.25) is 0 Å². The van der Waals surface area contributed by atoms with Crippen molar-refractivity contribution in [2.45, 2.75) is 6.42 Å². The van der Waals surface area contributed by atoms with Crippen molar-refractivity contribution in [3.63, 3.8) is 0 Å². The number of hydrogen-bond acceptors (Lipinski definition) is 1. The Balaban J connectivity index is 2.73. The van der Waals surface area contributed by atoms with Gasteiger partial charge in [0.1, 0.15) is 0 Å². The van der Waals surface area contributed by atoms with E-state index in [2.05, 4.69) is 11.8 Å². The van der Waals surface area contributed by atoms with Gasteiger partial charge in [-0.25, -0.2) is 0 Å². The summed E-state index contributed by atoms with van der Waals surface area (Å²) in [6.07, 6.45) is 0.0449. The molecule has 14 heavy (non-hydrogen) atoms. The molecule has 72 valence electrons. The Kier molecular flexibility index (Phi) is 4.03. The number of carboxylic acids is 1. The van der Waals surface area contributed by atoms with E-state index in [0.29, 0.717) is 5.88 Å². The fourth-order valence-corrected chi connectivity index (χ4v) is 1.08. The van der Waals surface area contributed by atoms with Crippen LogP contribution in [0.5, 0.6) is 0 Å². The molecule has 1 N–H and O–H groups in total. The molecule has 0 radical (unpaired) electrons. The van der Waals surface area contributed by atoms with Crippen LogP contribution >= 0.6 is 11.6 Å². The van der Waals surface area contributed by atoms with Gasteiger partial charge in [0.15, 0.2) is 0 Å². The summed E-state index contributed by atoms with van der Waals surface area (Å²) in [5.74, 6) is 5.04. The molecule has 0 saturated heterocycles. The highest BCUT2D eigenvalue weighted by molar-refractivity contribution is 6.19. The fourth-order valence-electron chi connectivity index (χ4n) is 1.02. The Hall–Kier alpha value is -1.46. The minimum Gasteiger partial charge on any atom is -0.481 e. The zero-order valence-corrected chi connectivity index (χ0v) is 8.21. The summed E-state index contributed by atoms with van der Waals surface area (Å²) < 4.78 is 0. The molecule has 0 saturated carbocycles. The predicted molar refractivity (Wildman–Crippen MR) is 55.4 cm³/mol. The van der Waals surface area contributed by atoms with E-state index < -0.39 is 5.97 Å². The number of halogens is 1. The molecule has 3 heteroatoms. The summed E-state index contributed by atoms with van der Waals surface area (Å²) in [7, 11) is 0. The monoisotopic (exact) mass is 208 g/mol. The lowest BCUT2D eigenvalue weighted by atomic mass is 10.1. The summed E-state index contributed by atoms with van der Waals surface area (Å²) in [6.45, 7) is 0. The molecular formula is C11H9ClO2. The Morgan fingerprint density at radius 3 is 2.50 bits per heavy atom. The number of benzene rings is 1. The van der Waals surface area contributed by atoms with E-state index in [4.69, 9.17) is 16.7 Å². The standard InChI is InChI=1S/C11H9ClO2/c12-7-1-2-9-3-5-10(6-4-9)8-11(13)14/h3-6H,7-8H2,(H,13,14). The van der Waals surface area contributed by atoms with Crippen LogP contribution < -0.4 is 0 Å². The van der Waals surface area contributed by atoms with E-state index in [-0.39, 0.29) is 6.42 Å². The van der Waals surface area contributed by atoms with Gasteiger partial charge in [0, 0.05) is 5.56 Å². The van der Waals surface area contributed by atoms with Gasteiger partial charge in [-0.2, -0.15) is 0 Å². The normalized spacial score (nSPS) is 8.93. The number of carbonyl (C=O) groups is 1. The van der Waals surface area contributed by atoms with Gasteiger partial charge in [-0.15, -0.1) is 11.6 Å². The summed E-state index contributed by atoms with van der Waals surface area (Å²) in [4.78, 5) is 10.4. The molecule has 0 aliphatic heterocycles. The highest BCUT2D eigenvalue weighted by Crippen LogP contribution is 2.03. The maximum atomic E-state index is 10.4. The topological polar surface area (TPSA) is 37.3 Å². The number of aliphatic carboxylic acids is 1. The second kappa shape index (κ2) is 5.31. The summed E-state index contributed by atoms with van der Waals surface area (Å²) in [6, 6.07) is 7.09. The molecule has 1 aromatic carbocycles. The zero-order valence-electron chi connectivity index (χ0n) is 7.46. The van der Waals surface area contributed by atoms with Gasteiger partial charge < -0.3 is 5.11 Å². The van der Waals surface area contributed by atoms with Crippen LogP contribution in [0.1, 0.15) is 11.1 Å². The van der Waals surface area contributed by atoms with Crippen LogP contribution in [0, 0.1) is 11.8 Å². The van der Waals surface area contributed by atoms with Crippen LogP contribution in [0.25, 0.3) is 0 Å². The molecule has 0 amide bonds. The molecule has 0 aliphatic carbocycles. The van der Waals surface area contributed by atoms with Gasteiger partial charge in [0.2, 0.25) is 0 Å². The average Bonchev–Trinajstić information content (AvgIpc) is 2.16. The molecule has 0 heterocycles. The first-order valence-electron chi connectivity index (χ1n) is 4.08. The second-order valence-electron chi connectivity index (χ2n) is 2.70. The lowest BCUT2D eigenvalue weighted by Gasteiger charge is -1.96. The van der Waals surface area contributed by atoms with Crippen LogP contribution in [0.3, 0.4) is 0 Å². The molecule has 0 bridgehead atoms. The van der Waals surface area contributed by atoms with Gasteiger partial charge in [-0.3, -0.25) is 4.79 Å². The maximum absolute atomic E-state index is 10.4. The largest absolute Gasteiger partial charge is 0.481 e. The van der Waals surface area contributed by atoms with E-state index in [1.165, 1.54) is 0 Å². The maximum Gasteiger partial charge on any atom is 0.307 e. The molecule has 0 spiro atoms. The van der Waals surface area contributed by atoms with E-state index in [9.17, 15) is 4.79 Å². The van der Waals surface area contributed by atoms with Crippen molar-refractivity contribution in [1.82, 2.24) is 0 Å². The lowest BCUT2D eigenvalue weighted by molar-refractivity contribution is -0.136. The van der Waals surface area contributed by atoms with Crippen molar-refractivity contribution in [1.29, 1.82) is 0 Å². The molecule has 2 nitrogen and oxygen atoms in total. The Labute approximate surface area is 87.5 Å². The van der Waals surface area contributed by atoms with Crippen molar-refractivity contribution in [2.75, 3.05) is 5.88 Å². The number of alkyl halides is 1. The number of rotatable bonds is 2. The predicted octanol–water partition coefficient (Wildman–Crippen LogP) is 1.90. The van der Waals surface area contributed by atoms with Crippen LogP contribution in [-0.4, -0.2) is 17.0 Å². The molecule has 0 unspecified atom stereocenters. The molecular weight excluding hydrogens is 200 g/mol. The molecule has 0 aromatic heterocycles. The van der Waals surface area contributed by atoms with Crippen molar-refractivity contribution in [3.8, 4) is 11.8 Å². The summed E-state index contributed by atoms with van der Waals surface area (Å²) in [5, 5.41) is 8.53. The molecule has 0 aliphatic rings. The average molecular weight is 209 g/mol. The smallest absolute Gasteiger partial charge is 0.307 e. The van der Waals surface area contributed by atoms with E-state index >= 15 is 0 Å². The van der Waals surface area contributed by atoms with E-state index in [1.807, 2.05) is 0 Å². The summed E-state index contributed by atoms with van der Waals surface area (Å²) >= 11 is 5.40. The van der Waals surface area contributed by atoms with E-state index in [1.54, 1.807) is 24.3 Å². The van der Waals surface area contributed by atoms with E-state index in [0.717, 1.165) is 11.1 Å². The first kappa shape index (κ1) is 10.6. The fraction of sp³-hybridized carbons (Fsp3) is 0.182. The van der Waals surface area contributed by atoms with Crippen LogP contribution in [0.15, 0.2) is 24.3 Å². The SMILES string of the molecule is O=C(O)Cc1ccc(C#CCCl)cc1. The van der Waals surface area contributed by atoms with Gasteiger partial charge in [0.25, 0.3) is 0 Å². The highest BCUT2D eigenvalue weighted by atomic mass is 35.5. The van der Waals surface area contributed by atoms with Crippen molar-refractivity contribution >= 4 is 17.6 Å². The van der Waals surface area contributed by atoms with Gasteiger partial charge >= 0.3 is 5.97 Å². The Morgan fingerprint density at radius 1 is 1.36 bits per heavy atom. The Bertz CT molecular complexity index is 371. The van der Waals surface area contributed by atoms with Gasteiger partial charge in [-0.05, 0) is 17.7 Å². The minimum atomic E-state index is -0.829. The third-order valence-electron chi connectivity index (χ3n) is 1.61. The second-order valence-corrected chi connectivity index (χ2v) is 2.97. The van der Waals surface area contributed by atoms with Crippen LogP contribution in [-0.2, 0) is 11.2 Å². The quantitative estimate of drug-likeness (QED) is 0.596. The Morgan fingerprint density at radius 2 is 2.00 bits per heavy atom. The zero-order chi connectivity index (χ0) is 10.4. The number of carboxylic acid groups (broad SMARTS) is 1. The highest BCUT2D eigenvalue weighted by Gasteiger charge is 1.98. The summed E-state index contributed by atoms with van der Waals surface area (Å²) in [5.41, 5.74) is 1.62. The molecule has 1 aromatic rings. The van der Waals surface area contributed by atoms with Crippen molar-refractivity contribution in [2.24, 2.45) is 0 Å². The molecule has 0 fully saturated rings. The van der Waals surface area contributed by atoms with Crippen molar-refractivity contribution < 1.29 is 9.90 Å². The van der Waals surface area contributed by atoms with Crippen molar-refractivity contribution in [3.05, 3.63) is 35.4 Å². The third-order valence-corrected chi connectivity index (χ3v) is 1.74. The molecule has 1 rings (SSSR count). The lowest BCUT2D eigenvalue weighted by Crippen LogP contribution is -1.99. The minimum absolute atomic E-state index is 0.0449. The first-order chi connectivity index (χ1) is 6.72. The van der Waals surface area contributed by atoms with Gasteiger partial charge in [-0.1, -0.05) is 24.0 Å². The van der Waals surface area contributed by atoms with Crippen LogP contribution in [0.4, 0.5) is 0 Å². The van der Waals surface area contributed by atoms with Gasteiger partial charge in [0.05, 0.1) is 12.3 Å². The third kappa shape index (κ3) is 3.51. The molecule has 0 atom stereocenters.